The molecule has 2 aromatic rings. The molecule has 0 bridgehead atoms. The maximum absolute atomic E-state index is 11.2. The quantitative estimate of drug-likeness (QED) is 0.471. The smallest absolute Gasteiger partial charge is 0.123 e. The number of aromatic hydroxyl groups is 2. The fourth-order valence-electron chi connectivity index (χ4n) is 4.37. The Bertz CT molecular complexity index is 854. The van der Waals surface area contributed by atoms with Gasteiger partial charge in [0.15, 0.2) is 0 Å². The van der Waals surface area contributed by atoms with Crippen LogP contribution in [0.2, 0.25) is 0 Å². The third-order valence-corrected chi connectivity index (χ3v) is 7.35. The van der Waals surface area contributed by atoms with E-state index in [1.54, 1.807) is 11.8 Å². The number of hydrogen-bond donors (Lipinski definition) is 2. The van der Waals surface area contributed by atoms with Crippen molar-refractivity contribution in [3.8, 4) is 11.5 Å². The Kier molecular flexibility index (Phi) is 7.43. The van der Waals surface area contributed by atoms with Crippen molar-refractivity contribution in [1.29, 1.82) is 0 Å². The van der Waals surface area contributed by atoms with Crippen molar-refractivity contribution >= 4 is 11.8 Å². The van der Waals surface area contributed by atoms with E-state index in [1.807, 2.05) is 0 Å². The SMILES string of the molecule is CSC(c1cc(C(C)(C)C)c(O)c(C(C)(C)C)c1)c1cc(C(C)(C)C)c(O)c(C(C)(C)C)c1. The maximum Gasteiger partial charge on any atom is 0.123 e. The molecule has 184 valence electrons. The zero-order valence-electron chi connectivity index (χ0n) is 23.2. The maximum atomic E-state index is 11.2. The third-order valence-electron chi connectivity index (χ3n) is 6.34. The van der Waals surface area contributed by atoms with Gasteiger partial charge in [0.05, 0.1) is 5.25 Å². The van der Waals surface area contributed by atoms with Gasteiger partial charge in [0, 0.05) is 0 Å². The van der Waals surface area contributed by atoms with Gasteiger partial charge in [0.2, 0.25) is 0 Å². The highest BCUT2D eigenvalue weighted by Crippen LogP contribution is 2.47. The van der Waals surface area contributed by atoms with E-state index < -0.39 is 0 Å². The molecule has 0 saturated heterocycles. The van der Waals surface area contributed by atoms with Crippen molar-refractivity contribution in [3.05, 3.63) is 57.6 Å². The van der Waals surface area contributed by atoms with Crippen LogP contribution < -0.4 is 0 Å². The van der Waals surface area contributed by atoms with Crippen LogP contribution in [0.4, 0.5) is 0 Å². The minimum absolute atomic E-state index is 0.0931. The number of phenolic OH excluding ortho intramolecular Hbond substituents is 2. The second-order valence-corrected chi connectivity index (χ2v) is 14.5. The van der Waals surface area contributed by atoms with Crippen molar-refractivity contribution in [1.82, 2.24) is 0 Å². The predicted molar refractivity (Wildman–Crippen MR) is 146 cm³/mol. The molecular weight excluding hydrogens is 424 g/mol. The average Bonchev–Trinajstić information content (AvgIpc) is 2.60. The van der Waals surface area contributed by atoms with Gasteiger partial charge < -0.3 is 10.2 Å². The minimum Gasteiger partial charge on any atom is -0.507 e. The highest BCUT2D eigenvalue weighted by atomic mass is 32.2. The van der Waals surface area contributed by atoms with E-state index in [4.69, 9.17) is 0 Å². The highest BCUT2D eigenvalue weighted by molar-refractivity contribution is 7.99. The summed E-state index contributed by atoms with van der Waals surface area (Å²) >= 11 is 1.80. The van der Waals surface area contributed by atoms with Gasteiger partial charge in [0.1, 0.15) is 11.5 Å². The lowest BCUT2D eigenvalue weighted by Crippen LogP contribution is -2.19. The molecule has 2 N–H and O–H groups in total. The van der Waals surface area contributed by atoms with Gasteiger partial charge in [-0.3, -0.25) is 0 Å². The van der Waals surface area contributed by atoms with Crippen LogP contribution in [0.3, 0.4) is 0 Å². The zero-order valence-corrected chi connectivity index (χ0v) is 24.0. The molecule has 0 saturated carbocycles. The Balaban J connectivity index is 2.91. The summed E-state index contributed by atoms with van der Waals surface area (Å²) in [5.74, 6) is 0.824. The summed E-state index contributed by atoms with van der Waals surface area (Å²) in [6, 6.07) is 8.75. The third kappa shape index (κ3) is 5.91. The summed E-state index contributed by atoms with van der Waals surface area (Å²) < 4.78 is 0. The van der Waals surface area contributed by atoms with Crippen LogP contribution in [0, 0.1) is 0 Å². The van der Waals surface area contributed by atoms with Crippen molar-refractivity contribution in [2.45, 2.75) is 110 Å². The van der Waals surface area contributed by atoms with E-state index in [0.717, 1.165) is 22.3 Å². The van der Waals surface area contributed by atoms with Gasteiger partial charge in [-0.2, -0.15) is 11.8 Å². The van der Waals surface area contributed by atoms with Crippen LogP contribution in [-0.2, 0) is 21.7 Å². The van der Waals surface area contributed by atoms with Crippen LogP contribution in [0.5, 0.6) is 11.5 Å². The van der Waals surface area contributed by atoms with Gasteiger partial charge in [-0.25, -0.2) is 0 Å². The molecule has 2 nitrogen and oxygen atoms in total. The van der Waals surface area contributed by atoms with Crippen molar-refractivity contribution in [2.75, 3.05) is 6.26 Å². The van der Waals surface area contributed by atoms with Gasteiger partial charge >= 0.3 is 0 Å². The summed E-state index contributed by atoms with van der Waals surface area (Å²) in [4.78, 5) is 0. The molecule has 0 radical (unpaired) electrons. The molecule has 0 aliphatic carbocycles. The zero-order chi connectivity index (χ0) is 25.7. The Morgan fingerprint density at radius 3 is 0.879 bits per heavy atom. The lowest BCUT2D eigenvalue weighted by atomic mass is 9.76. The van der Waals surface area contributed by atoms with E-state index in [1.165, 1.54) is 11.1 Å². The average molecular weight is 471 g/mol. The Morgan fingerprint density at radius 1 is 0.515 bits per heavy atom. The van der Waals surface area contributed by atoms with Gasteiger partial charge in [-0.05, 0) is 61.3 Å². The molecule has 0 fully saturated rings. The predicted octanol–water partition coefficient (Wildman–Crippen LogP) is 8.74. The lowest BCUT2D eigenvalue weighted by molar-refractivity contribution is 0.422. The number of hydrogen-bond acceptors (Lipinski definition) is 3. The normalized spacial score (nSPS) is 13.6. The molecule has 0 aliphatic rings. The summed E-state index contributed by atoms with van der Waals surface area (Å²) in [7, 11) is 0. The van der Waals surface area contributed by atoms with Crippen LogP contribution in [0.1, 0.15) is 122 Å². The molecule has 0 amide bonds. The van der Waals surface area contributed by atoms with Gasteiger partial charge in [-0.1, -0.05) is 107 Å². The fraction of sp³-hybridized carbons (Fsp3) is 0.600. The fourth-order valence-corrected chi connectivity index (χ4v) is 5.18. The van der Waals surface area contributed by atoms with Crippen molar-refractivity contribution in [3.63, 3.8) is 0 Å². The van der Waals surface area contributed by atoms with Crippen LogP contribution >= 0.6 is 11.8 Å². The Labute approximate surface area is 207 Å². The van der Waals surface area contributed by atoms with Gasteiger partial charge in [-0.15, -0.1) is 0 Å². The first-order chi connectivity index (χ1) is 14.7. The molecule has 0 unspecified atom stereocenters. The van der Waals surface area contributed by atoms with E-state index in [0.29, 0.717) is 11.5 Å². The largest absolute Gasteiger partial charge is 0.507 e. The molecule has 2 aromatic carbocycles. The summed E-state index contributed by atoms with van der Waals surface area (Å²) in [6.07, 6.45) is 2.14. The standard InChI is InChI=1S/C30H46O2S/c1-27(2,3)20-14-18(15-21(24(20)31)28(4,5)6)26(33-13)19-16-22(29(7,8)9)25(32)23(17-19)30(10,11)12/h14-17,26,31-32H,1-13H3. The molecule has 0 aliphatic heterocycles. The first-order valence-electron chi connectivity index (χ1n) is 12.0. The molecule has 0 atom stereocenters. The monoisotopic (exact) mass is 470 g/mol. The summed E-state index contributed by atoms with van der Waals surface area (Å²) in [5.41, 5.74) is 5.61. The van der Waals surface area contributed by atoms with Crippen LogP contribution in [0.25, 0.3) is 0 Å². The van der Waals surface area contributed by atoms with Gasteiger partial charge in [0.25, 0.3) is 0 Å². The van der Waals surface area contributed by atoms with E-state index in [-0.39, 0.29) is 26.9 Å². The topological polar surface area (TPSA) is 40.5 Å². The van der Waals surface area contributed by atoms with E-state index in [9.17, 15) is 10.2 Å². The first-order valence-corrected chi connectivity index (χ1v) is 13.3. The van der Waals surface area contributed by atoms with Crippen molar-refractivity contribution < 1.29 is 10.2 Å². The second-order valence-electron chi connectivity index (χ2n) is 13.5. The number of phenols is 2. The Hall–Kier alpha value is -1.61. The number of rotatable bonds is 3. The summed E-state index contributed by atoms with van der Waals surface area (Å²) in [5, 5.41) is 22.5. The van der Waals surface area contributed by atoms with Crippen LogP contribution in [0.15, 0.2) is 24.3 Å². The minimum atomic E-state index is -0.175. The molecule has 3 heteroatoms. The first kappa shape index (κ1) is 27.6. The second kappa shape index (κ2) is 8.87. The molecule has 2 rings (SSSR count). The number of thioether (sulfide) groups is 1. The van der Waals surface area contributed by atoms with Crippen LogP contribution in [-0.4, -0.2) is 16.5 Å². The van der Waals surface area contributed by atoms with E-state index >= 15 is 0 Å². The van der Waals surface area contributed by atoms with E-state index in [2.05, 4.69) is 114 Å². The molecule has 0 aromatic heterocycles. The lowest BCUT2D eigenvalue weighted by Gasteiger charge is -2.32. The summed E-state index contributed by atoms with van der Waals surface area (Å²) in [6.45, 7) is 25.9. The Morgan fingerprint density at radius 2 is 0.727 bits per heavy atom. The molecular formula is C30H46O2S. The molecule has 0 heterocycles. The highest BCUT2D eigenvalue weighted by Gasteiger charge is 2.31. The number of benzene rings is 2. The molecule has 0 spiro atoms. The van der Waals surface area contributed by atoms with Crippen molar-refractivity contribution in [2.24, 2.45) is 0 Å². The molecule has 33 heavy (non-hydrogen) atoms.